The van der Waals surface area contributed by atoms with Crippen molar-refractivity contribution in [3.8, 4) is 5.75 Å². The highest BCUT2D eigenvalue weighted by atomic mass is 35.5. The summed E-state index contributed by atoms with van der Waals surface area (Å²) < 4.78 is 5.64. The summed E-state index contributed by atoms with van der Waals surface area (Å²) in [6.45, 7) is 4.73. The van der Waals surface area contributed by atoms with Gasteiger partial charge in [0.1, 0.15) is 18.5 Å². The lowest BCUT2D eigenvalue weighted by Gasteiger charge is -2.36. The average molecular weight is 528 g/mol. The molecule has 1 atom stereocenters. The minimum Gasteiger partial charge on any atom is -0.489 e. The van der Waals surface area contributed by atoms with Gasteiger partial charge in [0.2, 0.25) is 0 Å². The quantitative estimate of drug-likeness (QED) is 0.449. The number of hydrogen-bond acceptors (Lipinski definition) is 6. The van der Waals surface area contributed by atoms with Gasteiger partial charge < -0.3 is 9.84 Å². The van der Waals surface area contributed by atoms with Gasteiger partial charge in [0, 0.05) is 67.3 Å². The smallest absolute Gasteiger partial charge is 0.261 e. The van der Waals surface area contributed by atoms with Crippen LogP contribution in [0.2, 0.25) is 10.0 Å². The van der Waals surface area contributed by atoms with Crippen molar-refractivity contribution in [2.24, 2.45) is 0 Å². The molecular weight excluding hydrogens is 501 g/mol. The Morgan fingerprint density at radius 1 is 0.861 bits per heavy atom. The SMILES string of the molecule is O=C1c2cccc3cccc(c23)C(=O)N1CCN1CCN(CC(O)COc2ccc(Cl)cc2Cl)CC1. The van der Waals surface area contributed by atoms with Gasteiger partial charge in [-0.15, -0.1) is 0 Å². The number of benzene rings is 3. The van der Waals surface area contributed by atoms with E-state index in [0.29, 0.717) is 46.6 Å². The summed E-state index contributed by atoms with van der Waals surface area (Å²) in [6.07, 6.45) is -0.658. The molecular formula is C27H27Cl2N3O4. The second-order valence-electron chi connectivity index (χ2n) is 9.15. The van der Waals surface area contributed by atoms with E-state index in [1.165, 1.54) is 4.90 Å². The largest absolute Gasteiger partial charge is 0.489 e. The first-order valence-electron chi connectivity index (χ1n) is 12.0. The Morgan fingerprint density at radius 2 is 1.50 bits per heavy atom. The van der Waals surface area contributed by atoms with E-state index in [2.05, 4.69) is 9.80 Å². The Hall–Kier alpha value is -2.68. The van der Waals surface area contributed by atoms with Gasteiger partial charge in [0.25, 0.3) is 11.8 Å². The summed E-state index contributed by atoms with van der Waals surface area (Å²) in [5.74, 6) is 0.0318. The van der Waals surface area contributed by atoms with Gasteiger partial charge in [-0.1, -0.05) is 47.5 Å². The molecule has 0 radical (unpaired) electrons. The first kappa shape index (κ1) is 25.0. The average Bonchev–Trinajstić information content (AvgIpc) is 2.87. The highest BCUT2D eigenvalue weighted by molar-refractivity contribution is 6.35. The molecule has 2 heterocycles. The molecule has 1 fully saturated rings. The van der Waals surface area contributed by atoms with Crippen LogP contribution in [0.4, 0.5) is 0 Å². The number of piperazine rings is 1. The molecule has 1 unspecified atom stereocenters. The normalized spacial score (nSPS) is 17.6. The van der Waals surface area contributed by atoms with Crippen molar-refractivity contribution < 1.29 is 19.4 Å². The van der Waals surface area contributed by atoms with Crippen LogP contribution in [0.25, 0.3) is 10.8 Å². The molecule has 1 saturated heterocycles. The maximum absolute atomic E-state index is 13.1. The summed E-state index contributed by atoms with van der Waals surface area (Å²) >= 11 is 12.0. The molecule has 0 aliphatic carbocycles. The molecule has 3 aromatic carbocycles. The molecule has 5 rings (SSSR count). The van der Waals surface area contributed by atoms with Crippen molar-refractivity contribution in [1.29, 1.82) is 0 Å². The minimum atomic E-state index is -0.658. The fraction of sp³-hybridized carbons (Fsp3) is 0.333. The number of halogens is 2. The third-order valence-electron chi connectivity index (χ3n) is 6.75. The molecule has 3 aromatic rings. The zero-order chi connectivity index (χ0) is 25.2. The Morgan fingerprint density at radius 3 is 2.14 bits per heavy atom. The van der Waals surface area contributed by atoms with Gasteiger partial charge in [-0.2, -0.15) is 0 Å². The van der Waals surface area contributed by atoms with Crippen molar-refractivity contribution in [2.75, 3.05) is 52.4 Å². The fourth-order valence-corrected chi connectivity index (χ4v) is 5.31. The Bertz CT molecular complexity index is 1240. The monoisotopic (exact) mass is 527 g/mol. The van der Waals surface area contributed by atoms with Crippen LogP contribution >= 0.6 is 23.2 Å². The van der Waals surface area contributed by atoms with Crippen molar-refractivity contribution in [3.05, 3.63) is 75.8 Å². The van der Waals surface area contributed by atoms with Gasteiger partial charge in [0.15, 0.2) is 0 Å². The van der Waals surface area contributed by atoms with E-state index in [9.17, 15) is 14.7 Å². The predicted molar refractivity (Wildman–Crippen MR) is 140 cm³/mol. The number of aliphatic hydroxyl groups excluding tert-OH is 1. The summed E-state index contributed by atoms with van der Waals surface area (Å²) in [5, 5.41) is 13.0. The van der Waals surface area contributed by atoms with Crippen molar-refractivity contribution in [1.82, 2.24) is 14.7 Å². The molecule has 0 bridgehead atoms. The maximum Gasteiger partial charge on any atom is 0.261 e. The Kier molecular flexibility index (Phi) is 7.46. The van der Waals surface area contributed by atoms with E-state index < -0.39 is 6.10 Å². The van der Waals surface area contributed by atoms with E-state index in [1.807, 2.05) is 24.3 Å². The van der Waals surface area contributed by atoms with Gasteiger partial charge in [-0.05, 0) is 35.7 Å². The summed E-state index contributed by atoms with van der Waals surface area (Å²) in [7, 11) is 0. The van der Waals surface area contributed by atoms with Crippen LogP contribution in [-0.4, -0.2) is 90.1 Å². The van der Waals surface area contributed by atoms with E-state index in [4.69, 9.17) is 27.9 Å². The summed E-state index contributed by atoms with van der Waals surface area (Å²) in [6, 6.07) is 16.1. The first-order chi connectivity index (χ1) is 17.4. The van der Waals surface area contributed by atoms with Crippen molar-refractivity contribution in [3.63, 3.8) is 0 Å². The predicted octanol–water partition coefficient (Wildman–Crippen LogP) is 3.80. The number of β-amino-alcohol motifs (C(OH)–C–C–N with tert-alkyl or cyclic N) is 1. The number of carbonyl (C=O) groups is 2. The van der Waals surface area contributed by atoms with Gasteiger partial charge in [-0.3, -0.25) is 24.3 Å². The number of imide groups is 1. The Labute approximate surface area is 219 Å². The van der Waals surface area contributed by atoms with E-state index >= 15 is 0 Å². The minimum absolute atomic E-state index is 0.134. The number of nitrogens with zero attached hydrogens (tertiary/aromatic N) is 3. The number of amides is 2. The molecule has 7 nitrogen and oxygen atoms in total. The Balaban J connectivity index is 1.10. The molecule has 2 amide bonds. The third kappa shape index (κ3) is 5.21. The van der Waals surface area contributed by atoms with Crippen LogP contribution in [0, 0.1) is 0 Å². The first-order valence-corrected chi connectivity index (χ1v) is 12.7. The lowest BCUT2D eigenvalue weighted by Crippen LogP contribution is -2.51. The molecule has 0 spiro atoms. The second kappa shape index (κ2) is 10.7. The van der Waals surface area contributed by atoms with Gasteiger partial charge in [-0.25, -0.2) is 0 Å². The fourth-order valence-electron chi connectivity index (χ4n) is 4.85. The highest BCUT2D eigenvalue weighted by Gasteiger charge is 2.33. The summed E-state index contributed by atoms with van der Waals surface area (Å²) in [4.78, 5) is 32.0. The van der Waals surface area contributed by atoms with E-state index in [-0.39, 0.29) is 18.4 Å². The zero-order valence-corrected chi connectivity index (χ0v) is 21.2. The number of hydrogen-bond donors (Lipinski definition) is 1. The lowest BCUT2D eigenvalue weighted by atomic mass is 9.94. The van der Waals surface area contributed by atoms with Crippen LogP contribution < -0.4 is 4.74 Å². The van der Waals surface area contributed by atoms with Crippen LogP contribution in [0.1, 0.15) is 20.7 Å². The van der Waals surface area contributed by atoms with Gasteiger partial charge in [0.05, 0.1) is 5.02 Å². The molecule has 2 aliphatic heterocycles. The molecule has 9 heteroatoms. The summed E-state index contributed by atoms with van der Waals surface area (Å²) in [5.41, 5.74) is 1.17. The molecule has 0 saturated carbocycles. The topological polar surface area (TPSA) is 73.3 Å². The molecule has 188 valence electrons. The second-order valence-corrected chi connectivity index (χ2v) is 10.00. The third-order valence-corrected chi connectivity index (χ3v) is 7.29. The number of aliphatic hydroxyl groups is 1. The highest BCUT2D eigenvalue weighted by Crippen LogP contribution is 2.30. The molecule has 1 N–H and O–H groups in total. The maximum atomic E-state index is 13.1. The zero-order valence-electron chi connectivity index (χ0n) is 19.7. The van der Waals surface area contributed by atoms with Crippen LogP contribution in [-0.2, 0) is 0 Å². The molecule has 2 aliphatic rings. The molecule has 36 heavy (non-hydrogen) atoms. The molecule has 0 aromatic heterocycles. The standard InChI is InChI=1S/C27H27Cl2N3O4/c28-19-7-8-24(23(29)15-19)36-17-20(33)16-31-11-9-30(10-12-31)13-14-32-26(34)21-5-1-3-18-4-2-6-22(25(18)21)27(32)35/h1-8,15,20,33H,9-14,16-17H2. The van der Waals surface area contributed by atoms with Crippen LogP contribution in [0.3, 0.4) is 0 Å². The van der Waals surface area contributed by atoms with Gasteiger partial charge >= 0.3 is 0 Å². The van der Waals surface area contributed by atoms with Crippen molar-refractivity contribution >= 4 is 45.8 Å². The van der Waals surface area contributed by atoms with E-state index in [0.717, 1.165) is 37.0 Å². The number of rotatable bonds is 8. The van der Waals surface area contributed by atoms with Crippen molar-refractivity contribution in [2.45, 2.75) is 6.10 Å². The van der Waals surface area contributed by atoms with E-state index in [1.54, 1.807) is 30.3 Å². The van der Waals surface area contributed by atoms with Crippen LogP contribution in [0.15, 0.2) is 54.6 Å². The van der Waals surface area contributed by atoms with Crippen LogP contribution in [0.5, 0.6) is 5.75 Å². The number of ether oxygens (including phenoxy) is 1. The number of carbonyl (C=O) groups excluding carboxylic acids is 2. The lowest BCUT2D eigenvalue weighted by molar-refractivity contribution is 0.0416.